The lowest BCUT2D eigenvalue weighted by molar-refractivity contribution is 0.455. The third-order valence-corrected chi connectivity index (χ3v) is 6.41. The second kappa shape index (κ2) is 6.91. The molecule has 4 rings (SSSR count). The van der Waals surface area contributed by atoms with Crippen molar-refractivity contribution in [2.75, 3.05) is 25.9 Å². The number of benzene rings is 1. The molecule has 1 saturated heterocycles. The Bertz CT molecular complexity index is 1070. The summed E-state index contributed by atoms with van der Waals surface area (Å²) in [7, 11) is -2.08. The topological polar surface area (TPSA) is 114 Å². The zero-order chi connectivity index (χ0) is 19.0. The summed E-state index contributed by atoms with van der Waals surface area (Å²) < 4.78 is 27.8. The van der Waals surface area contributed by atoms with Crippen LogP contribution in [0.15, 0.2) is 41.4 Å². The van der Waals surface area contributed by atoms with Gasteiger partial charge in [0.2, 0.25) is 10.0 Å². The van der Waals surface area contributed by atoms with E-state index < -0.39 is 10.0 Å². The number of sulfonamides is 1. The molecule has 0 saturated carbocycles. The molecule has 1 aromatic carbocycles. The van der Waals surface area contributed by atoms with Crippen molar-refractivity contribution in [3.63, 3.8) is 0 Å². The van der Waals surface area contributed by atoms with Crippen molar-refractivity contribution < 1.29 is 8.42 Å². The predicted molar refractivity (Wildman–Crippen MR) is 104 cm³/mol. The molecule has 0 amide bonds. The van der Waals surface area contributed by atoms with E-state index in [-0.39, 0.29) is 4.90 Å². The summed E-state index contributed by atoms with van der Waals surface area (Å²) in [5.41, 5.74) is 9.51. The highest BCUT2D eigenvalue weighted by molar-refractivity contribution is 7.89. The van der Waals surface area contributed by atoms with Crippen molar-refractivity contribution in [2.45, 2.75) is 23.7 Å². The van der Waals surface area contributed by atoms with Crippen molar-refractivity contribution in [3.8, 4) is 11.1 Å². The number of fused-ring (bicyclic) bond motifs is 1. The van der Waals surface area contributed by atoms with E-state index in [2.05, 4.69) is 15.1 Å². The zero-order valence-corrected chi connectivity index (χ0v) is 15.8. The number of aromatic nitrogens is 3. The van der Waals surface area contributed by atoms with Gasteiger partial charge in [-0.25, -0.2) is 18.1 Å². The molecule has 1 fully saturated rings. The standard InChI is InChI=1S/C18H22N6O2S/c1-20-27(25,26)14-6-4-12(5-7-14)15-11-22-24-17(19)9-16(23-18(15)24)13-3-2-8-21-10-13/h4-7,9,11,13,20-21H,2-3,8,10,19H2,1H3. The lowest BCUT2D eigenvalue weighted by Gasteiger charge is -2.22. The van der Waals surface area contributed by atoms with Gasteiger partial charge in [0.25, 0.3) is 0 Å². The number of nitrogens with two attached hydrogens (primary N) is 1. The maximum atomic E-state index is 11.9. The number of piperidine rings is 1. The fourth-order valence-corrected chi connectivity index (χ4v) is 4.18. The van der Waals surface area contributed by atoms with E-state index in [4.69, 9.17) is 10.7 Å². The van der Waals surface area contributed by atoms with Gasteiger partial charge in [-0.2, -0.15) is 9.61 Å². The number of anilines is 1. The number of hydrogen-bond acceptors (Lipinski definition) is 6. The van der Waals surface area contributed by atoms with Gasteiger partial charge in [-0.3, -0.25) is 0 Å². The van der Waals surface area contributed by atoms with E-state index in [1.807, 2.05) is 6.07 Å². The van der Waals surface area contributed by atoms with Crippen molar-refractivity contribution in [1.29, 1.82) is 0 Å². The molecule has 0 radical (unpaired) electrons. The highest BCUT2D eigenvalue weighted by atomic mass is 32.2. The minimum atomic E-state index is -3.47. The van der Waals surface area contributed by atoms with E-state index in [1.54, 1.807) is 35.0 Å². The molecule has 9 heteroatoms. The van der Waals surface area contributed by atoms with Crippen molar-refractivity contribution in [1.82, 2.24) is 24.6 Å². The molecule has 142 valence electrons. The normalized spacial score (nSPS) is 18.0. The molecule has 4 N–H and O–H groups in total. The van der Waals surface area contributed by atoms with Gasteiger partial charge in [0, 0.05) is 24.1 Å². The van der Waals surface area contributed by atoms with Crippen LogP contribution in [-0.2, 0) is 10.0 Å². The second-order valence-corrected chi connectivity index (χ2v) is 8.56. The lowest BCUT2D eigenvalue weighted by Crippen LogP contribution is -2.29. The van der Waals surface area contributed by atoms with Crippen LogP contribution in [0, 0.1) is 0 Å². The van der Waals surface area contributed by atoms with Crippen LogP contribution in [0.3, 0.4) is 0 Å². The summed E-state index contributed by atoms with van der Waals surface area (Å²) in [6, 6.07) is 8.55. The van der Waals surface area contributed by atoms with Crippen molar-refractivity contribution >= 4 is 21.5 Å². The Morgan fingerprint density at radius 1 is 1.30 bits per heavy atom. The molecular formula is C18H22N6O2S. The van der Waals surface area contributed by atoms with Crippen molar-refractivity contribution in [3.05, 3.63) is 42.2 Å². The average Bonchev–Trinajstić information content (AvgIpc) is 3.13. The summed E-state index contributed by atoms with van der Waals surface area (Å²) in [5.74, 6) is 0.873. The summed E-state index contributed by atoms with van der Waals surface area (Å²) in [4.78, 5) is 5.05. The molecule has 1 aliphatic rings. The van der Waals surface area contributed by atoms with Gasteiger partial charge >= 0.3 is 0 Å². The quantitative estimate of drug-likeness (QED) is 0.624. The SMILES string of the molecule is CNS(=O)(=O)c1ccc(-c2cnn3c(N)cc(C4CCCNC4)nc23)cc1. The van der Waals surface area contributed by atoms with Gasteiger partial charge in [0.1, 0.15) is 5.82 Å². The molecule has 0 aliphatic carbocycles. The Labute approximate surface area is 157 Å². The third kappa shape index (κ3) is 3.29. The van der Waals surface area contributed by atoms with E-state index in [0.717, 1.165) is 42.8 Å². The highest BCUT2D eigenvalue weighted by Gasteiger charge is 2.20. The summed E-state index contributed by atoms with van der Waals surface area (Å²) in [6.45, 7) is 1.93. The van der Waals surface area contributed by atoms with Crippen LogP contribution in [0.4, 0.5) is 5.82 Å². The minimum absolute atomic E-state index is 0.215. The summed E-state index contributed by atoms with van der Waals surface area (Å²) in [6.07, 6.45) is 3.91. The van der Waals surface area contributed by atoms with E-state index in [0.29, 0.717) is 17.4 Å². The highest BCUT2D eigenvalue weighted by Crippen LogP contribution is 2.29. The number of hydrogen-bond donors (Lipinski definition) is 3. The zero-order valence-electron chi connectivity index (χ0n) is 15.0. The average molecular weight is 386 g/mol. The van der Waals surface area contributed by atoms with Gasteiger partial charge in [0.15, 0.2) is 5.65 Å². The first-order valence-corrected chi connectivity index (χ1v) is 10.4. The molecule has 1 aliphatic heterocycles. The van der Waals surface area contributed by atoms with Crippen LogP contribution in [0.2, 0.25) is 0 Å². The largest absolute Gasteiger partial charge is 0.384 e. The number of nitrogens with one attached hydrogen (secondary N) is 2. The first kappa shape index (κ1) is 17.9. The molecule has 0 bridgehead atoms. The summed E-state index contributed by atoms with van der Waals surface area (Å²) in [5, 5.41) is 7.75. The van der Waals surface area contributed by atoms with Crippen LogP contribution >= 0.6 is 0 Å². The number of rotatable bonds is 4. The first-order valence-electron chi connectivity index (χ1n) is 8.88. The summed E-state index contributed by atoms with van der Waals surface area (Å²) >= 11 is 0. The fraction of sp³-hybridized carbons (Fsp3) is 0.333. The van der Waals surface area contributed by atoms with E-state index in [1.165, 1.54) is 7.05 Å². The van der Waals surface area contributed by atoms with Crippen molar-refractivity contribution in [2.24, 2.45) is 0 Å². The van der Waals surface area contributed by atoms with Gasteiger partial charge in [0.05, 0.1) is 16.8 Å². The lowest BCUT2D eigenvalue weighted by atomic mass is 9.96. The van der Waals surface area contributed by atoms with Gasteiger partial charge in [-0.1, -0.05) is 12.1 Å². The Morgan fingerprint density at radius 2 is 2.07 bits per heavy atom. The second-order valence-electron chi connectivity index (χ2n) is 6.67. The minimum Gasteiger partial charge on any atom is -0.384 e. The van der Waals surface area contributed by atoms with E-state index in [9.17, 15) is 8.42 Å². The van der Waals surface area contributed by atoms with Gasteiger partial charge in [-0.05, 0) is 44.1 Å². The van der Waals surface area contributed by atoms with Crippen LogP contribution in [0.1, 0.15) is 24.5 Å². The van der Waals surface area contributed by atoms with Crippen LogP contribution in [0.5, 0.6) is 0 Å². The maximum absolute atomic E-state index is 11.9. The Kier molecular flexibility index (Phi) is 4.58. The van der Waals surface area contributed by atoms with Gasteiger partial charge < -0.3 is 11.1 Å². The fourth-order valence-electron chi connectivity index (χ4n) is 3.45. The van der Waals surface area contributed by atoms with Gasteiger partial charge in [-0.15, -0.1) is 0 Å². The molecule has 27 heavy (non-hydrogen) atoms. The molecule has 8 nitrogen and oxygen atoms in total. The predicted octanol–water partition coefficient (Wildman–Crippen LogP) is 1.35. The van der Waals surface area contributed by atoms with Crippen LogP contribution in [0.25, 0.3) is 16.8 Å². The molecule has 0 spiro atoms. The number of nitrogens with zero attached hydrogens (tertiary/aromatic N) is 3. The Hall–Kier alpha value is -2.49. The molecular weight excluding hydrogens is 364 g/mol. The van der Waals surface area contributed by atoms with Crippen LogP contribution in [-0.4, -0.2) is 43.2 Å². The third-order valence-electron chi connectivity index (χ3n) is 4.98. The monoisotopic (exact) mass is 386 g/mol. The first-order chi connectivity index (χ1) is 13.0. The molecule has 2 aromatic heterocycles. The maximum Gasteiger partial charge on any atom is 0.240 e. The Morgan fingerprint density at radius 3 is 2.74 bits per heavy atom. The molecule has 3 heterocycles. The number of nitrogen functional groups attached to an aromatic ring is 1. The molecule has 3 aromatic rings. The van der Waals surface area contributed by atoms with Crippen LogP contribution < -0.4 is 15.8 Å². The smallest absolute Gasteiger partial charge is 0.240 e. The van der Waals surface area contributed by atoms with E-state index >= 15 is 0 Å². The molecule has 1 atom stereocenters. The Balaban J connectivity index is 1.77. The molecule has 1 unspecified atom stereocenters.